The summed E-state index contributed by atoms with van der Waals surface area (Å²) < 4.78 is 1.98. The van der Waals surface area contributed by atoms with Crippen molar-refractivity contribution in [2.45, 2.75) is 6.54 Å². The van der Waals surface area contributed by atoms with Gasteiger partial charge < -0.3 is 15.5 Å². The van der Waals surface area contributed by atoms with Gasteiger partial charge in [-0.25, -0.2) is 4.98 Å². The molecule has 0 bridgehead atoms. The Bertz CT molecular complexity index is 1010. The molecule has 0 saturated heterocycles. The Labute approximate surface area is 144 Å². The molecule has 0 fully saturated rings. The third kappa shape index (κ3) is 3.12. The van der Waals surface area contributed by atoms with E-state index in [1.807, 2.05) is 47.0 Å². The van der Waals surface area contributed by atoms with Crippen LogP contribution in [0.4, 0.5) is 5.69 Å². The molecule has 4 rings (SSSR count). The predicted octanol–water partition coefficient (Wildman–Crippen LogP) is 4.05. The van der Waals surface area contributed by atoms with Gasteiger partial charge >= 0.3 is 0 Å². The number of anilines is 1. The van der Waals surface area contributed by atoms with Crippen LogP contribution in [-0.2, 0) is 6.54 Å². The molecule has 0 saturated carbocycles. The van der Waals surface area contributed by atoms with Gasteiger partial charge in [0.2, 0.25) is 0 Å². The monoisotopic (exact) mass is 331 g/mol. The standard InChI is InChI=1S/C20H17N3O2/c24-17-6-1-14(2-7-17)12-21-15-3-10-20-19(11-15)22-13-23(20)16-4-8-18(25)9-5-16/h1-11,13,21,24-25H,12H2. The lowest BCUT2D eigenvalue weighted by Crippen LogP contribution is -1.99. The number of hydrogen-bond acceptors (Lipinski definition) is 4. The molecule has 0 spiro atoms. The topological polar surface area (TPSA) is 70.3 Å². The van der Waals surface area contributed by atoms with E-state index in [2.05, 4.69) is 10.3 Å². The average Bonchev–Trinajstić information content (AvgIpc) is 3.05. The maximum atomic E-state index is 9.43. The second kappa shape index (κ2) is 6.20. The van der Waals surface area contributed by atoms with E-state index in [1.54, 1.807) is 30.6 Å². The van der Waals surface area contributed by atoms with Gasteiger partial charge in [-0.05, 0) is 60.2 Å². The summed E-state index contributed by atoms with van der Waals surface area (Å²) in [7, 11) is 0. The van der Waals surface area contributed by atoms with Gasteiger partial charge in [0.05, 0.1) is 11.0 Å². The number of fused-ring (bicyclic) bond motifs is 1. The second-order valence-electron chi connectivity index (χ2n) is 5.85. The molecule has 124 valence electrons. The molecule has 0 atom stereocenters. The average molecular weight is 331 g/mol. The zero-order chi connectivity index (χ0) is 17.2. The lowest BCUT2D eigenvalue weighted by molar-refractivity contribution is 0.474. The Hall–Kier alpha value is -3.47. The summed E-state index contributed by atoms with van der Waals surface area (Å²) in [6.45, 7) is 0.671. The van der Waals surface area contributed by atoms with Gasteiger partial charge in [0.1, 0.15) is 17.8 Å². The quantitative estimate of drug-likeness (QED) is 0.528. The van der Waals surface area contributed by atoms with E-state index in [-0.39, 0.29) is 11.5 Å². The van der Waals surface area contributed by atoms with Crippen molar-refractivity contribution in [1.82, 2.24) is 9.55 Å². The highest BCUT2D eigenvalue weighted by Gasteiger charge is 2.06. The highest BCUT2D eigenvalue weighted by atomic mass is 16.3. The van der Waals surface area contributed by atoms with Crippen LogP contribution >= 0.6 is 0 Å². The number of hydrogen-bond donors (Lipinski definition) is 3. The lowest BCUT2D eigenvalue weighted by Gasteiger charge is -2.08. The van der Waals surface area contributed by atoms with Gasteiger partial charge in [0, 0.05) is 17.9 Å². The number of rotatable bonds is 4. The fourth-order valence-corrected chi connectivity index (χ4v) is 2.76. The Morgan fingerprint density at radius 3 is 2.24 bits per heavy atom. The van der Waals surface area contributed by atoms with Crippen molar-refractivity contribution >= 4 is 16.7 Å². The highest BCUT2D eigenvalue weighted by molar-refractivity contribution is 5.81. The Balaban J connectivity index is 1.57. The number of aromatic nitrogens is 2. The van der Waals surface area contributed by atoms with Gasteiger partial charge in [0.25, 0.3) is 0 Å². The molecule has 0 unspecified atom stereocenters. The second-order valence-corrected chi connectivity index (χ2v) is 5.85. The Morgan fingerprint density at radius 1 is 0.840 bits per heavy atom. The first-order valence-corrected chi connectivity index (χ1v) is 7.97. The molecule has 1 aromatic heterocycles. The summed E-state index contributed by atoms with van der Waals surface area (Å²) >= 11 is 0. The first kappa shape index (κ1) is 15.1. The summed E-state index contributed by atoms with van der Waals surface area (Å²) in [5.74, 6) is 0.513. The van der Waals surface area contributed by atoms with Crippen molar-refractivity contribution in [2.75, 3.05) is 5.32 Å². The maximum Gasteiger partial charge on any atom is 0.115 e. The number of phenols is 2. The zero-order valence-corrected chi connectivity index (χ0v) is 13.4. The first-order chi connectivity index (χ1) is 12.2. The van der Waals surface area contributed by atoms with Crippen LogP contribution in [0.15, 0.2) is 73.1 Å². The number of nitrogens with zero attached hydrogens (tertiary/aromatic N) is 2. The molecule has 1 heterocycles. The fourth-order valence-electron chi connectivity index (χ4n) is 2.76. The summed E-state index contributed by atoms with van der Waals surface area (Å²) in [5, 5.41) is 22.1. The van der Waals surface area contributed by atoms with Crippen LogP contribution < -0.4 is 5.32 Å². The summed E-state index contributed by atoms with van der Waals surface area (Å²) in [4.78, 5) is 4.47. The van der Waals surface area contributed by atoms with Crippen molar-refractivity contribution in [3.63, 3.8) is 0 Å². The van der Waals surface area contributed by atoms with E-state index in [4.69, 9.17) is 0 Å². The first-order valence-electron chi connectivity index (χ1n) is 7.97. The summed E-state index contributed by atoms with van der Waals surface area (Å²) in [6, 6.07) is 20.2. The van der Waals surface area contributed by atoms with Crippen molar-refractivity contribution in [3.8, 4) is 17.2 Å². The normalized spacial score (nSPS) is 10.9. The number of benzene rings is 3. The Kier molecular flexibility index (Phi) is 3.74. The molecule has 3 aromatic carbocycles. The molecule has 0 aliphatic heterocycles. The minimum absolute atomic E-state index is 0.244. The highest BCUT2D eigenvalue weighted by Crippen LogP contribution is 2.23. The maximum absolute atomic E-state index is 9.43. The number of phenolic OH excluding ortho intramolecular Hbond substituents is 2. The van der Waals surface area contributed by atoms with Gasteiger partial charge in [-0.3, -0.25) is 4.57 Å². The molecule has 0 aliphatic carbocycles. The molecule has 4 aromatic rings. The van der Waals surface area contributed by atoms with Crippen molar-refractivity contribution in [2.24, 2.45) is 0 Å². The van der Waals surface area contributed by atoms with Gasteiger partial charge in [-0.1, -0.05) is 12.1 Å². The molecule has 3 N–H and O–H groups in total. The molecule has 5 nitrogen and oxygen atoms in total. The van der Waals surface area contributed by atoms with Crippen LogP contribution in [0, 0.1) is 0 Å². The third-order valence-electron chi connectivity index (χ3n) is 4.11. The molecule has 0 aliphatic rings. The van der Waals surface area contributed by atoms with E-state index >= 15 is 0 Å². The summed E-state index contributed by atoms with van der Waals surface area (Å²) in [6.07, 6.45) is 1.78. The summed E-state index contributed by atoms with van der Waals surface area (Å²) in [5.41, 5.74) is 4.92. The molecule has 0 amide bonds. The lowest BCUT2D eigenvalue weighted by atomic mass is 10.2. The fraction of sp³-hybridized carbons (Fsp3) is 0.0500. The van der Waals surface area contributed by atoms with Gasteiger partial charge in [0.15, 0.2) is 0 Å². The van der Waals surface area contributed by atoms with Crippen molar-refractivity contribution in [3.05, 3.63) is 78.6 Å². The number of imidazole rings is 1. The van der Waals surface area contributed by atoms with E-state index in [9.17, 15) is 10.2 Å². The SMILES string of the molecule is Oc1ccc(CNc2ccc3c(c2)ncn3-c2ccc(O)cc2)cc1. The molecule has 25 heavy (non-hydrogen) atoms. The van der Waals surface area contributed by atoms with Crippen LogP contribution in [0.3, 0.4) is 0 Å². The molecular formula is C20H17N3O2. The van der Waals surface area contributed by atoms with Crippen LogP contribution in [0.5, 0.6) is 11.5 Å². The largest absolute Gasteiger partial charge is 0.508 e. The number of nitrogens with one attached hydrogen (secondary N) is 1. The van der Waals surface area contributed by atoms with E-state index in [0.29, 0.717) is 6.54 Å². The van der Waals surface area contributed by atoms with Crippen LogP contribution in [0.2, 0.25) is 0 Å². The molecular weight excluding hydrogens is 314 g/mol. The van der Waals surface area contributed by atoms with E-state index < -0.39 is 0 Å². The predicted molar refractivity (Wildman–Crippen MR) is 98.2 cm³/mol. The Morgan fingerprint density at radius 2 is 1.52 bits per heavy atom. The minimum Gasteiger partial charge on any atom is -0.508 e. The van der Waals surface area contributed by atoms with E-state index in [1.165, 1.54) is 0 Å². The molecule has 0 radical (unpaired) electrons. The van der Waals surface area contributed by atoms with Crippen LogP contribution in [0.1, 0.15) is 5.56 Å². The van der Waals surface area contributed by atoms with Gasteiger partial charge in [-0.2, -0.15) is 0 Å². The van der Waals surface area contributed by atoms with E-state index in [0.717, 1.165) is 28.0 Å². The van der Waals surface area contributed by atoms with Crippen molar-refractivity contribution < 1.29 is 10.2 Å². The van der Waals surface area contributed by atoms with Crippen LogP contribution in [0.25, 0.3) is 16.7 Å². The number of aromatic hydroxyl groups is 2. The smallest absolute Gasteiger partial charge is 0.115 e. The minimum atomic E-state index is 0.244. The van der Waals surface area contributed by atoms with Gasteiger partial charge in [-0.15, -0.1) is 0 Å². The zero-order valence-electron chi connectivity index (χ0n) is 13.4. The van der Waals surface area contributed by atoms with Crippen molar-refractivity contribution in [1.29, 1.82) is 0 Å². The third-order valence-corrected chi connectivity index (χ3v) is 4.11. The molecule has 5 heteroatoms. The van der Waals surface area contributed by atoms with Crippen LogP contribution in [-0.4, -0.2) is 19.8 Å².